The predicted molar refractivity (Wildman–Crippen MR) is 119 cm³/mol. The van der Waals surface area contributed by atoms with Crippen LogP contribution in [0.3, 0.4) is 0 Å². The van der Waals surface area contributed by atoms with Crippen molar-refractivity contribution in [3.8, 4) is 0 Å². The van der Waals surface area contributed by atoms with E-state index in [-0.39, 0.29) is 5.92 Å². The van der Waals surface area contributed by atoms with Gasteiger partial charge >= 0.3 is 0 Å². The standard InChI is InChI=1S/C22H27N3S2/c1-4-6-21-25-20(14-23)22(27-21)18-11-9-15(10-12-19(18)24-2)16-7-5-8-17(13-16)26-3/h5,7-13,15,24H,4,6,14,23H2,1-3H3. The highest BCUT2D eigenvalue weighted by atomic mass is 32.2. The van der Waals surface area contributed by atoms with Gasteiger partial charge in [0.25, 0.3) is 0 Å². The summed E-state index contributed by atoms with van der Waals surface area (Å²) < 4.78 is 0. The molecule has 0 amide bonds. The third kappa shape index (κ3) is 4.54. The van der Waals surface area contributed by atoms with Crippen LogP contribution in [0.25, 0.3) is 5.57 Å². The monoisotopic (exact) mass is 397 g/mol. The fraction of sp³-hybridized carbons (Fsp3) is 0.318. The Morgan fingerprint density at radius 2 is 2.07 bits per heavy atom. The summed E-state index contributed by atoms with van der Waals surface area (Å²) in [7, 11) is 1.97. The van der Waals surface area contributed by atoms with Crippen molar-refractivity contribution in [2.75, 3.05) is 13.3 Å². The molecule has 142 valence electrons. The van der Waals surface area contributed by atoms with Crippen molar-refractivity contribution in [3.05, 3.63) is 75.4 Å². The Balaban J connectivity index is 1.98. The van der Waals surface area contributed by atoms with Gasteiger partial charge in [-0.25, -0.2) is 4.98 Å². The lowest BCUT2D eigenvalue weighted by molar-refractivity contribution is 0.887. The molecule has 1 aliphatic carbocycles. The zero-order valence-electron chi connectivity index (χ0n) is 16.2. The molecular weight excluding hydrogens is 370 g/mol. The first kappa shape index (κ1) is 19.9. The molecule has 1 unspecified atom stereocenters. The number of thiazole rings is 1. The molecule has 0 aliphatic heterocycles. The van der Waals surface area contributed by atoms with Crippen molar-refractivity contribution >= 4 is 28.7 Å². The Kier molecular flexibility index (Phi) is 6.94. The third-order valence-electron chi connectivity index (χ3n) is 4.62. The summed E-state index contributed by atoms with van der Waals surface area (Å²) in [6.45, 7) is 2.65. The number of hydrogen-bond acceptors (Lipinski definition) is 5. The van der Waals surface area contributed by atoms with Gasteiger partial charge in [-0.2, -0.15) is 0 Å². The van der Waals surface area contributed by atoms with Crippen LogP contribution in [0, 0.1) is 0 Å². The molecule has 3 nitrogen and oxygen atoms in total. The van der Waals surface area contributed by atoms with E-state index in [0.717, 1.165) is 24.2 Å². The zero-order valence-corrected chi connectivity index (χ0v) is 17.8. The molecule has 0 radical (unpaired) electrons. The number of benzene rings is 1. The molecular formula is C22H27N3S2. The molecule has 0 saturated heterocycles. The average molecular weight is 398 g/mol. The van der Waals surface area contributed by atoms with Gasteiger partial charge < -0.3 is 11.1 Å². The van der Waals surface area contributed by atoms with E-state index in [1.807, 2.05) is 7.05 Å². The number of rotatable bonds is 7. The third-order valence-corrected chi connectivity index (χ3v) is 6.54. The highest BCUT2D eigenvalue weighted by Gasteiger charge is 2.17. The van der Waals surface area contributed by atoms with Crippen molar-refractivity contribution in [2.24, 2.45) is 5.73 Å². The lowest BCUT2D eigenvalue weighted by Gasteiger charge is -2.09. The number of hydrogen-bond donors (Lipinski definition) is 2. The van der Waals surface area contributed by atoms with Gasteiger partial charge in [-0.3, -0.25) is 0 Å². The van der Waals surface area contributed by atoms with Crippen molar-refractivity contribution in [3.63, 3.8) is 0 Å². The van der Waals surface area contributed by atoms with Gasteiger partial charge in [0.05, 0.1) is 15.6 Å². The van der Waals surface area contributed by atoms with E-state index in [4.69, 9.17) is 10.7 Å². The number of aromatic nitrogens is 1. The first-order valence-electron chi connectivity index (χ1n) is 9.31. The van der Waals surface area contributed by atoms with Crippen molar-refractivity contribution in [1.82, 2.24) is 10.3 Å². The summed E-state index contributed by atoms with van der Waals surface area (Å²) in [6, 6.07) is 8.75. The Bertz CT molecular complexity index is 877. The van der Waals surface area contributed by atoms with E-state index in [1.54, 1.807) is 23.1 Å². The summed E-state index contributed by atoms with van der Waals surface area (Å²) in [5.74, 6) is 0.252. The minimum Gasteiger partial charge on any atom is -0.388 e. The number of nitrogens with one attached hydrogen (secondary N) is 1. The first-order valence-corrected chi connectivity index (χ1v) is 11.4. The largest absolute Gasteiger partial charge is 0.388 e. The van der Waals surface area contributed by atoms with Crippen LogP contribution in [0.5, 0.6) is 0 Å². The summed E-state index contributed by atoms with van der Waals surface area (Å²) in [5, 5.41) is 4.52. The molecule has 0 spiro atoms. The van der Waals surface area contributed by atoms with E-state index >= 15 is 0 Å². The quantitative estimate of drug-likeness (QED) is 0.637. The van der Waals surface area contributed by atoms with E-state index in [0.29, 0.717) is 6.54 Å². The predicted octanol–water partition coefficient (Wildman–Crippen LogP) is 5.12. The van der Waals surface area contributed by atoms with Crippen molar-refractivity contribution in [1.29, 1.82) is 0 Å². The molecule has 1 aliphatic rings. The van der Waals surface area contributed by atoms with Gasteiger partial charge in [-0.1, -0.05) is 37.3 Å². The number of nitrogens with two attached hydrogens (primary N) is 1. The molecule has 5 heteroatoms. The molecule has 3 N–H and O–H groups in total. The van der Waals surface area contributed by atoms with Gasteiger partial charge in [0.2, 0.25) is 0 Å². The summed E-state index contributed by atoms with van der Waals surface area (Å²) >= 11 is 3.54. The summed E-state index contributed by atoms with van der Waals surface area (Å²) in [5.41, 5.74) is 10.6. The first-order chi connectivity index (χ1) is 13.2. The van der Waals surface area contributed by atoms with Crippen LogP contribution in [0.15, 0.2) is 59.2 Å². The Morgan fingerprint density at radius 3 is 2.78 bits per heavy atom. The van der Waals surface area contributed by atoms with E-state index in [9.17, 15) is 0 Å². The smallest absolute Gasteiger partial charge is 0.0935 e. The number of aryl methyl sites for hydroxylation is 1. The van der Waals surface area contributed by atoms with Gasteiger partial charge in [0.1, 0.15) is 0 Å². The molecule has 27 heavy (non-hydrogen) atoms. The van der Waals surface area contributed by atoms with Crippen LogP contribution in [-0.4, -0.2) is 18.3 Å². The van der Waals surface area contributed by atoms with Crippen LogP contribution in [0.2, 0.25) is 0 Å². The molecule has 3 rings (SSSR count). The number of allylic oxidation sites excluding steroid dienone is 5. The van der Waals surface area contributed by atoms with Gasteiger partial charge in [0, 0.05) is 35.7 Å². The number of nitrogens with zero attached hydrogens (tertiary/aromatic N) is 1. The van der Waals surface area contributed by atoms with Crippen LogP contribution < -0.4 is 11.1 Å². The van der Waals surface area contributed by atoms with Crippen molar-refractivity contribution in [2.45, 2.75) is 37.1 Å². The maximum absolute atomic E-state index is 6.00. The maximum Gasteiger partial charge on any atom is 0.0935 e. The zero-order chi connectivity index (χ0) is 19.2. The van der Waals surface area contributed by atoms with E-state index in [1.165, 1.54) is 25.9 Å². The lowest BCUT2D eigenvalue weighted by atomic mass is 9.98. The Labute approximate surface area is 170 Å². The van der Waals surface area contributed by atoms with Gasteiger partial charge in [-0.15, -0.1) is 23.1 Å². The molecule has 1 aromatic carbocycles. The van der Waals surface area contributed by atoms with E-state index in [2.05, 4.69) is 67.1 Å². The minimum atomic E-state index is 0.252. The second kappa shape index (κ2) is 9.40. The van der Waals surface area contributed by atoms with Crippen LogP contribution in [-0.2, 0) is 13.0 Å². The highest BCUT2D eigenvalue weighted by Crippen LogP contribution is 2.34. The molecule has 2 aromatic rings. The second-order valence-corrected chi connectivity index (χ2v) is 8.40. The lowest BCUT2D eigenvalue weighted by Crippen LogP contribution is -2.07. The topological polar surface area (TPSA) is 50.9 Å². The maximum atomic E-state index is 6.00. The van der Waals surface area contributed by atoms with Crippen LogP contribution in [0.1, 0.15) is 40.4 Å². The molecule has 1 atom stereocenters. The SMILES string of the molecule is CCCc1nc(CN)c(C2=C(NC)C=CC(c3cccc(SC)c3)C=C2)s1. The second-order valence-electron chi connectivity index (χ2n) is 6.44. The van der Waals surface area contributed by atoms with Crippen LogP contribution >= 0.6 is 23.1 Å². The minimum absolute atomic E-state index is 0.252. The summed E-state index contributed by atoms with van der Waals surface area (Å²) in [4.78, 5) is 7.24. The number of likely N-dealkylation sites (N-methyl/N-ethyl adjacent to an activating group) is 1. The number of thioether (sulfide) groups is 1. The van der Waals surface area contributed by atoms with Crippen LogP contribution in [0.4, 0.5) is 0 Å². The summed E-state index contributed by atoms with van der Waals surface area (Å²) in [6.07, 6.45) is 13.2. The van der Waals surface area contributed by atoms with Crippen molar-refractivity contribution < 1.29 is 0 Å². The molecule has 0 fully saturated rings. The molecule has 0 bridgehead atoms. The molecule has 1 heterocycles. The highest BCUT2D eigenvalue weighted by molar-refractivity contribution is 7.98. The Morgan fingerprint density at radius 1 is 1.26 bits per heavy atom. The fourth-order valence-electron chi connectivity index (χ4n) is 3.20. The molecule has 1 aromatic heterocycles. The molecule has 0 saturated carbocycles. The van der Waals surface area contributed by atoms with E-state index < -0.39 is 0 Å². The van der Waals surface area contributed by atoms with Gasteiger partial charge in [0.15, 0.2) is 0 Å². The average Bonchev–Trinajstić information content (AvgIpc) is 2.98. The fourth-order valence-corrected chi connectivity index (χ4v) is 4.90. The Hall–Kier alpha value is -1.82. The van der Waals surface area contributed by atoms with Gasteiger partial charge in [-0.05, 0) is 42.9 Å². The normalized spacial score (nSPS) is 16.7.